The molecule has 0 saturated carbocycles. The molecule has 0 aliphatic heterocycles. The minimum Gasteiger partial charge on any atom is -0.420 e. The quantitative estimate of drug-likeness (QED) is 0.736. The highest BCUT2D eigenvalue weighted by Crippen LogP contribution is 2.25. The molecule has 0 bridgehead atoms. The summed E-state index contributed by atoms with van der Waals surface area (Å²) in [6.45, 7) is 0. The van der Waals surface area contributed by atoms with E-state index in [1.54, 1.807) is 12.4 Å². The fraction of sp³-hybridized carbons (Fsp3) is 0.0769. The van der Waals surface area contributed by atoms with E-state index in [2.05, 4.69) is 20.2 Å². The van der Waals surface area contributed by atoms with Gasteiger partial charge < -0.3 is 10.2 Å². The Kier molecular flexibility index (Phi) is 3.60. The molecule has 2 aromatic heterocycles. The van der Waals surface area contributed by atoms with E-state index in [-0.39, 0.29) is 0 Å². The van der Waals surface area contributed by atoms with Crippen molar-refractivity contribution in [3.63, 3.8) is 0 Å². The zero-order valence-electron chi connectivity index (χ0n) is 10.4. The second kappa shape index (κ2) is 5.70. The fourth-order valence-electron chi connectivity index (χ4n) is 1.59. The molecule has 0 fully saturated rings. The standard InChI is InChI=1S/C13H11N5OS/c14-11-13(16-7-6-15-11)20-8-10-17-18-12(19-10)9-4-2-1-3-5-9/h1-7H,8H2,(H2,14,15). The van der Waals surface area contributed by atoms with Crippen molar-refractivity contribution in [1.82, 2.24) is 20.2 Å². The summed E-state index contributed by atoms with van der Waals surface area (Å²) >= 11 is 1.41. The van der Waals surface area contributed by atoms with Crippen molar-refractivity contribution < 1.29 is 4.42 Å². The van der Waals surface area contributed by atoms with Gasteiger partial charge in [0.05, 0.1) is 5.75 Å². The first-order valence-electron chi connectivity index (χ1n) is 5.90. The first-order valence-corrected chi connectivity index (χ1v) is 6.88. The van der Waals surface area contributed by atoms with Gasteiger partial charge in [-0.3, -0.25) is 0 Å². The van der Waals surface area contributed by atoms with Gasteiger partial charge in [0.15, 0.2) is 5.82 Å². The van der Waals surface area contributed by atoms with Gasteiger partial charge in [-0.05, 0) is 12.1 Å². The molecule has 2 heterocycles. The summed E-state index contributed by atoms with van der Waals surface area (Å²) < 4.78 is 5.60. The predicted octanol–water partition coefficient (Wildman–Crippen LogP) is 2.40. The van der Waals surface area contributed by atoms with Crippen molar-refractivity contribution in [3.8, 4) is 11.5 Å². The summed E-state index contributed by atoms with van der Waals surface area (Å²) in [5.41, 5.74) is 6.62. The number of hydrogen-bond acceptors (Lipinski definition) is 7. The van der Waals surface area contributed by atoms with Crippen LogP contribution in [-0.4, -0.2) is 20.2 Å². The maximum Gasteiger partial charge on any atom is 0.247 e. The van der Waals surface area contributed by atoms with Crippen LogP contribution < -0.4 is 5.73 Å². The molecule has 6 nitrogen and oxygen atoms in total. The van der Waals surface area contributed by atoms with Gasteiger partial charge in [-0.2, -0.15) is 0 Å². The zero-order valence-corrected chi connectivity index (χ0v) is 11.2. The van der Waals surface area contributed by atoms with E-state index in [9.17, 15) is 0 Å². The summed E-state index contributed by atoms with van der Waals surface area (Å²) in [5.74, 6) is 1.94. The lowest BCUT2D eigenvalue weighted by molar-refractivity contribution is 0.528. The van der Waals surface area contributed by atoms with Gasteiger partial charge >= 0.3 is 0 Å². The van der Waals surface area contributed by atoms with Crippen LogP contribution in [0.15, 0.2) is 52.2 Å². The lowest BCUT2D eigenvalue weighted by Crippen LogP contribution is -1.94. The highest BCUT2D eigenvalue weighted by Gasteiger charge is 2.10. The second-order valence-corrected chi connectivity index (χ2v) is 4.87. The Balaban J connectivity index is 1.71. The number of nitrogen functional groups attached to an aromatic ring is 1. The lowest BCUT2D eigenvalue weighted by atomic mass is 10.2. The number of nitrogens with two attached hydrogens (primary N) is 1. The van der Waals surface area contributed by atoms with Gasteiger partial charge in [-0.15, -0.1) is 10.2 Å². The maximum atomic E-state index is 5.72. The van der Waals surface area contributed by atoms with Crippen LogP contribution >= 0.6 is 11.8 Å². The highest BCUT2D eigenvalue weighted by molar-refractivity contribution is 7.98. The Bertz CT molecular complexity index is 701. The number of anilines is 1. The van der Waals surface area contributed by atoms with Gasteiger partial charge in [0.25, 0.3) is 0 Å². The minimum absolute atomic E-state index is 0.403. The maximum absolute atomic E-state index is 5.72. The third-order valence-corrected chi connectivity index (χ3v) is 3.49. The van der Waals surface area contributed by atoms with Crippen molar-refractivity contribution in [2.24, 2.45) is 0 Å². The summed E-state index contributed by atoms with van der Waals surface area (Å²) in [6.07, 6.45) is 3.15. The summed E-state index contributed by atoms with van der Waals surface area (Å²) in [7, 11) is 0. The third-order valence-electron chi connectivity index (χ3n) is 2.51. The van der Waals surface area contributed by atoms with Gasteiger partial charge in [0, 0.05) is 18.0 Å². The molecule has 2 N–H and O–H groups in total. The molecule has 0 atom stereocenters. The SMILES string of the molecule is Nc1nccnc1SCc1nnc(-c2ccccc2)o1. The number of nitrogens with zero attached hydrogens (tertiary/aromatic N) is 4. The normalized spacial score (nSPS) is 10.6. The monoisotopic (exact) mass is 285 g/mol. The molecular weight excluding hydrogens is 274 g/mol. The van der Waals surface area contributed by atoms with E-state index < -0.39 is 0 Å². The Hall–Kier alpha value is -2.41. The van der Waals surface area contributed by atoms with E-state index in [1.807, 2.05) is 30.3 Å². The zero-order chi connectivity index (χ0) is 13.8. The second-order valence-electron chi connectivity index (χ2n) is 3.90. The lowest BCUT2D eigenvalue weighted by Gasteiger charge is -1.99. The number of aromatic nitrogens is 4. The first-order chi connectivity index (χ1) is 9.83. The highest BCUT2D eigenvalue weighted by atomic mass is 32.2. The average molecular weight is 285 g/mol. The number of thioether (sulfide) groups is 1. The fourth-order valence-corrected chi connectivity index (χ4v) is 2.30. The minimum atomic E-state index is 0.403. The van der Waals surface area contributed by atoms with E-state index in [1.165, 1.54) is 11.8 Å². The molecule has 0 aliphatic carbocycles. The molecule has 7 heteroatoms. The molecule has 0 spiro atoms. The summed E-state index contributed by atoms with van der Waals surface area (Å²) in [4.78, 5) is 8.12. The molecule has 1 aromatic carbocycles. The molecular formula is C13H11N5OS. The summed E-state index contributed by atoms with van der Waals surface area (Å²) in [6, 6.07) is 9.63. The third kappa shape index (κ3) is 2.77. The van der Waals surface area contributed by atoms with Crippen molar-refractivity contribution in [2.45, 2.75) is 10.8 Å². The van der Waals surface area contributed by atoms with Gasteiger partial charge in [-0.25, -0.2) is 9.97 Å². The van der Waals surface area contributed by atoms with E-state index in [0.29, 0.717) is 28.4 Å². The summed E-state index contributed by atoms with van der Waals surface area (Å²) in [5, 5.41) is 8.69. The van der Waals surface area contributed by atoms with Crippen molar-refractivity contribution in [1.29, 1.82) is 0 Å². The number of hydrogen-bond donors (Lipinski definition) is 1. The Morgan fingerprint density at radius 3 is 2.65 bits per heavy atom. The smallest absolute Gasteiger partial charge is 0.247 e. The van der Waals surface area contributed by atoms with Gasteiger partial charge in [0.1, 0.15) is 5.03 Å². The van der Waals surface area contributed by atoms with E-state index in [4.69, 9.17) is 10.2 Å². The van der Waals surface area contributed by atoms with Crippen molar-refractivity contribution >= 4 is 17.6 Å². The Morgan fingerprint density at radius 1 is 1.05 bits per heavy atom. The number of benzene rings is 1. The van der Waals surface area contributed by atoms with Crippen LogP contribution in [0.1, 0.15) is 5.89 Å². The largest absolute Gasteiger partial charge is 0.420 e. The van der Waals surface area contributed by atoms with Crippen LogP contribution in [0.25, 0.3) is 11.5 Å². The molecule has 0 amide bonds. The van der Waals surface area contributed by atoms with E-state index in [0.717, 1.165) is 5.56 Å². The number of rotatable bonds is 4. The molecule has 3 rings (SSSR count). The van der Waals surface area contributed by atoms with Gasteiger partial charge in [-0.1, -0.05) is 30.0 Å². The van der Waals surface area contributed by atoms with Crippen LogP contribution in [0.3, 0.4) is 0 Å². The van der Waals surface area contributed by atoms with Crippen LogP contribution in [-0.2, 0) is 5.75 Å². The molecule has 0 radical (unpaired) electrons. The molecule has 0 saturated heterocycles. The molecule has 20 heavy (non-hydrogen) atoms. The Labute approximate surface area is 119 Å². The predicted molar refractivity (Wildman–Crippen MR) is 75.7 cm³/mol. The van der Waals surface area contributed by atoms with Gasteiger partial charge in [0.2, 0.25) is 11.8 Å². The van der Waals surface area contributed by atoms with Crippen LogP contribution in [0.5, 0.6) is 0 Å². The van der Waals surface area contributed by atoms with Crippen LogP contribution in [0, 0.1) is 0 Å². The topological polar surface area (TPSA) is 90.7 Å². The molecule has 0 aliphatic rings. The van der Waals surface area contributed by atoms with Crippen molar-refractivity contribution in [2.75, 3.05) is 5.73 Å². The Morgan fingerprint density at radius 2 is 1.85 bits per heavy atom. The molecule has 0 unspecified atom stereocenters. The van der Waals surface area contributed by atoms with Crippen LogP contribution in [0.2, 0.25) is 0 Å². The molecule has 3 aromatic rings. The van der Waals surface area contributed by atoms with E-state index >= 15 is 0 Å². The first kappa shape index (κ1) is 12.6. The van der Waals surface area contributed by atoms with Crippen molar-refractivity contribution in [3.05, 3.63) is 48.6 Å². The molecule has 100 valence electrons. The average Bonchev–Trinajstić information content (AvgIpc) is 2.96. The van der Waals surface area contributed by atoms with Crippen LogP contribution in [0.4, 0.5) is 5.82 Å².